The van der Waals surface area contributed by atoms with Gasteiger partial charge in [-0.25, -0.2) is 4.79 Å². The zero-order valence-electron chi connectivity index (χ0n) is 12.6. The number of carbonyl (C=O) groups is 1. The van der Waals surface area contributed by atoms with E-state index in [1.54, 1.807) is 14.2 Å². The van der Waals surface area contributed by atoms with Crippen LogP contribution in [0.2, 0.25) is 12.1 Å². The third kappa shape index (κ3) is 8.18. The second kappa shape index (κ2) is 11.2. The molecule has 0 heterocycles. The quantitative estimate of drug-likeness (QED) is 0.239. The van der Waals surface area contributed by atoms with Crippen LogP contribution in [0, 0.1) is 0 Å². The lowest BCUT2D eigenvalue weighted by atomic mass is 10.2. The van der Waals surface area contributed by atoms with E-state index in [9.17, 15) is 4.79 Å². The fraction of sp³-hybridized carbons (Fsp3) is 0.786. The average Bonchev–Trinajstić information content (AvgIpc) is 2.45. The summed E-state index contributed by atoms with van der Waals surface area (Å²) in [6.07, 6.45) is 6.82. The molecule has 0 saturated heterocycles. The van der Waals surface area contributed by atoms with Gasteiger partial charge in [0.25, 0.3) is 0 Å². The van der Waals surface area contributed by atoms with Gasteiger partial charge in [0.05, 0.1) is 6.61 Å². The molecule has 0 saturated carbocycles. The smallest absolute Gasteiger partial charge is 0.337 e. The zero-order valence-corrected chi connectivity index (χ0v) is 13.6. The molecule has 4 nitrogen and oxygen atoms in total. The maximum atomic E-state index is 10.9. The van der Waals surface area contributed by atoms with Crippen molar-refractivity contribution in [3.63, 3.8) is 0 Å². The number of hydrogen-bond donors (Lipinski definition) is 0. The molecule has 0 amide bonds. The number of hydrogen-bond acceptors (Lipinski definition) is 4. The lowest BCUT2D eigenvalue weighted by Gasteiger charge is -2.27. The van der Waals surface area contributed by atoms with E-state index in [2.05, 4.69) is 13.5 Å². The highest BCUT2D eigenvalue weighted by atomic mass is 28.4. The highest BCUT2D eigenvalue weighted by Gasteiger charge is 2.34. The minimum Gasteiger partial charge on any atom is -0.463 e. The van der Waals surface area contributed by atoms with Crippen molar-refractivity contribution in [3.05, 3.63) is 12.7 Å². The molecule has 5 heteroatoms. The Kier molecular flexibility index (Phi) is 10.8. The lowest BCUT2D eigenvalue weighted by molar-refractivity contribution is -0.137. The van der Waals surface area contributed by atoms with Crippen LogP contribution in [-0.4, -0.2) is 35.4 Å². The predicted octanol–water partition coefficient (Wildman–Crippen LogP) is 3.42. The Balaban J connectivity index is 4.00. The third-order valence-electron chi connectivity index (χ3n) is 3.27. The van der Waals surface area contributed by atoms with Crippen LogP contribution in [0.1, 0.15) is 39.0 Å². The summed E-state index contributed by atoms with van der Waals surface area (Å²) in [5.41, 5.74) is 0. The summed E-state index contributed by atoms with van der Waals surface area (Å²) in [4.78, 5) is 10.9. The van der Waals surface area contributed by atoms with Gasteiger partial charge in [0, 0.05) is 20.3 Å². The highest BCUT2D eigenvalue weighted by Crippen LogP contribution is 2.23. The summed E-state index contributed by atoms with van der Waals surface area (Å²) in [5.74, 6) is -0.370. The number of rotatable bonds is 12. The Morgan fingerprint density at radius 3 is 2.26 bits per heavy atom. The third-order valence-corrected chi connectivity index (χ3v) is 6.99. The molecule has 112 valence electrons. The summed E-state index contributed by atoms with van der Waals surface area (Å²) < 4.78 is 16.3. The molecule has 0 bridgehead atoms. The number of esters is 1. The Bertz CT molecular complexity index is 252. The van der Waals surface area contributed by atoms with Gasteiger partial charge >= 0.3 is 14.5 Å². The second-order valence-corrected chi connectivity index (χ2v) is 8.24. The van der Waals surface area contributed by atoms with Crippen LogP contribution >= 0.6 is 0 Å². The Morgan fingerprint density at radius 2 is 1.74 bits per heavy atom. The van der Waals surface area contributed by atoms with Gasteiger partial charge in [0.1, 0.15) is 0 Å². The molecule has 0 fully saturated rings. The van der Waals surface area contributed by atoms with Gasteiger partial charge < -0.3 is 13.6 Å². The van der Waals surface area contributed by atoms with E-state index in [0.29, 0.717) is 6.61 Å². The van der Waals surface area contributed by atoms with E-state index < -0.39 is 8.56 Å². The summed E-state index contributed by atoms with van der Waals surface area (Å²) in [6, 6.07) is 1.87. The zero-order chi connectivity index (χ0) is 14.6. The van der Waals surface area contributed by atoms with Gasteiger partial charge in [0.2, 0.25) is 0 Å². The fourth-order valence-corrected chi connectivity index (χ4v) is 4.72. The molecule has 0 aromatic heterocycles. The molecule has 0 aliphatic carbocycles. The molecule has 0 aliphatic rings. The largest absolute Gasteiger partial charge is 0.463 e. The van der Waals surface area contributed by atoms with Gasteiger partial charge in [-0.3, -0.25) is 0 Å². The first-order valence-corrected chi connectivity index (χ1v) is 9.26. The minimum absolute atomic E-state index is 0.370. The lowest BCUT2D eigenvalue weighted by Crippen LogP contribution is -2.40. The molecule has 0 atom stereocenters. The Hall–Kier alpha value is -0.653. The molecule has 19 heavy (non-hydrogen) atoms. The van der Waals surface area contributed by atoms with Crippen LogP contribution in [0.4, 0.5) is 0 Å². The van der Waals surface area contributed by atoms with Crippen LogP contribution < -0.4 is 0 Å². The van der Waals surface area contributed by atoms with Crippen molar-refractivity contribution in [1.29, 1.82) is 0 Å². The van der Waals surface area contributed by atoms with Gasteiger partial charge in [-0.05, 0) is 18.5 Å². The van der Waals surface area contributed by atoms with Crippen molar-refractivity contribution in [2.24, 2.45) is 0 Å². The predicted molar refractivity (Wildman–Crippen MR) is 79.3 cm³/mol. The van der Waals surface area contributed by atoms with Crippen molar-refractivity contribution >= 4 is 14.5 Å². The standard InChI is InChI=1S/C14H28O4Si/c1-5-7-8-9-12-19(16-3,17-4)13-10-11-18-14(15)6-2/h6H,2,5,7-13H2,1,3-4H3. The van der Waals surface area contributed by atoms with Crippen molar-refractivity contribution in [2.75, 3.05) is 20.8 Å². The maximum absolute atomic E-state index is 10.9. The van der Waals surface area contributed by atoms with E-state index in [1.165, 1.54) is 25.3 Å². The van der Waals surface area contributed by atoms with E-state index in [0.717, 1.165) is 24.9 Å². The molecule has 0 aromatic rings. The highest BCUT2D eigenvalue weighted by molar-refractivity contribution is 6.67. The average molecular weight is 288 g/mol. The fourth-order valence-electron chi connectivity index (χ4n) is 2.01. The maximum Gasteiger partial charge on any atom is 0.337 e. The first-order chi connectivity index (χ1) is 9.14. The summed E-state index contributed by atoms with van der Waals surface area (Å²) in [7, 11) is 1.36. The van der Waals surface area contributed by atoms with Crippen molar-refractivity contribution in [1.82, 2.24) is 0 Å². The van der Waals surface area contributed by atoms with Gasteiger partial charge in [-0.2, -0.15) is 0 Å². The molecule has 0 unspecified atom stereocenters. The molecule has 0 aliphatic heterocycles. The molecule has 0 aromatic carbocycles. The first-order valence-electron chi connectivity index (χ1n) is 7.03. The van der Waals surface area contributed by atoms with Gasteiger partial charge in [-0.15, -0.1) is 0 Å². The molecule has 0 radical (unpaired) electrons. The van der Waals surface area contributed by atoms with E-state index in [-0.39, 0.29) is 5.97 Å². The monoisotopic (exact) mass is 288 g/mol. The van der Waals surface area contributed by atoms with Crippen LogP contribution in [-0.2, 0) is 18.4 Å². The van der Waals surface area contributed by atoms with E-state index >= 15 is 0 Å². The van der Waals surface area contributed by atoms with Crippen LogP contribution in [0.5, 0.6) is 0 Å². The molecule has 0 spiro atoms. The van der Waals surface area contributed by atoms with Gasteiger partial charge in [-0.1, -0.05) is 39.2 Å². The summed E-state index contributed by atoms with van der Waals surface area (Å²) in [5, 5.41) is 0. The van der Waals surface area contributed by atoms with Crippen molar-refractivity contribution < 1.29 is 18.4 Å². The number of ether oxygens (including phenoxy) is 1. The number of unbranched alkanes of at least 4 members (excludes halogenated alkanes) is 3. The molecule has 0 N–H and O–H groups in total. The summed E-state index contributed by atoms with van der Waals surface area (Å²) >= 11 is 0. The molecular formula is C14H28O4Si. The molecule has 0 rings (SSSR count). The van der Waals surface area contributed by atoms with Crippen LogP contribution in [0.25, 0.3) is 0 Å². The SMILES string of the molecule is C=CC(=O)OCCC[Si](CCCCCC)(OC)OC. The molecular weight excluding hydrogens is 260 g/mol. The van der Waals surface area contributed by atoms with E-state index in [1.807, 2.05) is 0 Å². The first kappa shape index (κ1) is 18.3. The Morgan fingerprint density at radius 1 is 1.11 bits per heavy atom. The number of carbonyl (C=O) groups excluding carboxylic acids is 1. The minimum atomic E-state index is -2.09. The van der Waals surface area contributed by atoms with Crippen LogP contribution in [0.3, 0.4) is 0 Å². The second-order valence-electron chi connectivity index (χ2n) is 4.60. The van der Waals surface area contributed by atoms with Crippen molar-refractivity contribution in [3.8, 4) is 0 Å². The van der Waals surface area contributed by atoms with Crippen molar-refractivity contribution in [2.45, 2.75) is 51.1 Å². The summed E-state index contributed by atoms with van der Waals surface area (Å²) in [6.45, 7) is 5.97. The van der Waals surface area contributed by atoms with E-state index in [4.69, 9.17) is 13.6 Å². The topological polar surface area (TPSA) is 44.8 Å². The van der Waals surface area contributed by atoms with Crippen LogP contribution in [0.15, 0.2) is 12.7 Å². The Labute approximate surface area is 118 Å². The normalized spacial score (nSPS) is 11.3. The van der Waals surface area contributed by atoms with Gasteiger partial charge in [0.15, 0.2) is 0 Å².